The topological polar surface area (TPSA) is 54.2 Å². The van der Waals surface area contributed by atoms with Crippen molar-refractivity contribution in [3.8, 4) is 0 Å². The Bertz CT molecular complexity index is 536. The lowest BCUT2D eigenvalue weighted by Gasteiger charge is -2.21. The molecule has 2 aromatic heterocycles. The molecule has 0 radical (unpaired) electrons. The van der Waals surface area contributed by atoms with Crippen LogP contribution in [0.1, 0.15) is 16.8 Å². The maximum absolute atomic E-state index is 9.35. The molecule has 0 unspecified atom stereocenters. The number of pyridine rings is 1. The first-order chi connectivity index (χ1) is 8.60. The molecule has 96 valence electrons. The van der Waals surface area contributed by atoms with Crippen LogP contribution in [0.4, 0.5) is 5.69 Å². The second-order valence-electron chi connectivity index (χ2n) is 4.49. The van der Waals surface area contributed by atoms with Crippen LogP contribution >= 0.6 is 0 Å². The number of aliphatic hydroxyl groups excluding tert-OH is 1. The molecule has 0 aromatic carbocycles. The van der Waals surface area contributed by atoms with E-state index >= 15 is 0 Å². The minimum absolute atomic E-state index is 0.00000693. The van der Waals surface area contributed by atoms with Crippen molar-refractivity contribution in [1.82, 2.24) is 14.8 Å². The van der Waals surface area contributed by atoms with Crippen LogP contribution in [0, 0.1) is 6.92 Å². The Morgan fingerprint density at radius 1 is 1.39 bits per heavy atom. The molecule has 0 spiro atoms. The number of aryl methyl sites for hydroxylation is 2. The van der Waals surface area contributed by atoms with Crippen LogP contribution in [-0.4, -0.2) is 26.9 Å². The summed E-state index contributed by atoms with van der Waals surface area (Å²) in [5.74, 6) is 0. The van der Waals surface area contributed by atoms with E-state index in [0.717, 1.165) is 29.1 Å². The lowest BCUT2D eigenvalue weighted by molar-refractivity contribution is 0.281. The zero-order chi connectivity index (χ0) is 13.1. The Hall–Kier alpha value is -1.88. The van der Waals surface area contributed by atoms with E-state index in [9.17, 15) is 5.11 Å². The molecule has 0 saturated heterocycles. The highest BCUT2D eigenvalue weighted by molar-refractivity contribution is 5.53. The normalized spacial score (nSPS) is 10.7. The summed E-state index contributed by atoms with van der Waals surface area (Å²) in [4.78, 5) is 6.30. The molecule has 0 atom stereocenters. The first kappa shape index (κ1) is 12.6. The van der Waals surface area contributed by atoms with Gasteiger partial charge in [0.25, 0.3) is 0 Å². The van der Waals surface area contributed by atoms with Gasteiger partial charge in [0.05, 0.1) is 12.8 Å². The summed E-state index contributed by atoms with van der Waals surface area (Å²) in [5, 5.41) is 13.5. The van der Waals surface area contributed by atoms with Gasteiger partial charge in [0.1, 0.15) is 0 Å². The smallest absolute Gasteiger partial charge is 0.0717 e. The molecule has 2 aromatic rings. The second-order valence-corrected chi connectivity index (χ2v) is 4.49. The highest BCUT2D eigenvalue weighted by atomic mass is 16.3. The predicted octanol–water partition coefficient (Wildman–Crippen LogP) is 1.25. The maximum atomic E-state index is 9.35. The number of hydrogen-bond donors (Lipinski definition) is 1. The number of anilines is 1. The Kier molecular flexibility index (Phi) is 3.62. The maximum Gasteiger partial charge on any atom is 0.0717 e. The number of aromatic nitrogens is 3. The number of rotatable bonds is 4. The Balaban J connectivity index is 2.22. The molecule has 1 N–H and O–H groups in total. The molecule has 0 aliphatic carbocycles. The van der Waals surface area contributed by atoms with E-state index in [1.54, 1.807) is 10.9 Å². The van der Waals surface area contributed by atoms with Crippen molar-refractivity contribution in [3.05, 3.63) is 41.5 Å². The molecule has 0 fully saturated rings. The standard InChI is InChI=1S/C13H18N4O/c1-10-4-13(12(9-18)6-14-10)16(2)7-11-5-15-17(3)8-11/h4-6,8,18H,7,9H2,1-3H3. The summed E-state index contributed by atoms with van der Waals surface area (Å²) in [6, 6.07) is 1.99. The summed E-state index contributed by atoms with van der Waals surface area (Å²) >= 11 is 0. The molecular weight excluding hydrogens is 228 g/mol. The molecular formula is C13H18N4O. The molecule has 0 amide bonds. The largest absolute Gasteiger partial charge is 0.392 e. The predicted molar refractivity (Wildman–Crippen MR) is 70.2 cm³/mol. The first-order valence-electron chi connectivity index (χ1n) is 5.85. The number of nitrogens with zero attached hydrogens (tertiary/aromatic N) is 4. The molecule has 18 heavy (non-hydrogen) atoms. The van der Waals surface area contributed by atoms with E-state index in [4.69, 9.17) is 0 Å². The van der Waals surface area contributed by atoms with Crippen molar-refractivity contribution in [2.24, 2.45) is 7.05 Å². The van der Waals surface area contributed by atoms with Crippen LogP contribution in [0.15, 0.2) is 24.7 Å². The zero-order valence-electron chi connectivity index (χ0n) is 11.0. The van der Waals surface area contributed by atoms with Crippen LogP contribution < -0.4 is 4.90 Å². The molecule has 5 heteroatoms. The molecule has 2 rings (SSSR count). The molecule has 0 saturated carbocycles. The average Bonchev–Trinajstić information content (AvgIpc) is 2.74. The highest BCUT2D eigenvalue weighted by Gasteiger charge is 2.09. The number of hydrogen-bond acceptors (Lipinski definition) is 4. The molecule has 0 bridgehead atoms. The third-order valence-electron chi connectivity index (χ3n) is 2.86. The van der Waals surface area contributed by atoms with E-state index < -0.39 is 0 Å². The SMILES string of the molecule is Cc1cc(N(C)Cc2cnn(C)c2)c(CO)cn1. The van der Waals surface area contributed by atoms with Gasteiger partial charge in [-0.2, -0.15) is 5.10 Å². The van der Waals surface area contributed by atoms with Crippen molar-refractivity contribution in [1.29, 1.82) is 0 Å². The highest BCUT2D eigenvalue weighted by Crippen LogP contribution is 2.21. The lowest BCUT2D eigenvalue weighted by Crippen LogP contribution is -2.18. The fraction of sp³-hybridized carbons (Fsp3) is 0.385. The third-order valence-corrected chi connectivity index (χ3v) is 2.86. The van der Waals surface area contributed by atoms with Gasteiger partial charge < -0.3 is 10.0 Å². The van der Waals surface area contributed by atoms with Gasteiger partial charge in [0, 0.05) is 55.5 Å². The van der Waals surface area contributed by atoms with E-state index in [2.05, 4.69) is 15.0 Å². The minimum Gasteiger partial charge on any atom is -0.392 e. The van der Waals surface area contributed by atoms with Gasteiger partial charge >= 0.3 is 0 Å². The Morgan fingerprint density at radius 3 is 2.78 bits per heavy atom. The van der Waals surface area contributed by atoms with Crippen LogP contribution in [0.2, 0.25) is 0 Å². The molecule has 2 heterocycles. The summed E-state index contributed by atoms with van der Waals surface area (Å²) in [5.41, 5.74) is 3.93. The summed E-state index contributed by atoms with van der Waals surface area (Å²) in [7, 11) is 3.90. The average molecular weight is 246 g/mol. The Morgan fingerprint density at radius 2 is 2.17 bits per heavy atom. The minimum atomic E-state index is -0.00000693. The van der Waals surface area contributed by atoms with Crippen molar-refractivity contribution in [2.75, 3.05) is 11.9 Å². The van der Waals surface area contributed by atoms with Gasteiger partial charge in [-0.25, -0.2) is 0 Å². The lowest BCUT2D eigenvalue weighted by atomic mass is 10.2. The van der Waals surface area contributed by atoms with Crippen molar-refractivity contribution in [3.63, 3.8) is 0 Å². The van der Waals surface area contributed by atoms with E-state index in [0.29, 0.717) is 0 Å². The zero-order valence-corrected chi connectivity index (χ0v) is 11.0. The quantitative estimate of drug-likeness (QED) is 0.882. The van der Waals surface area contributed by atoms with Crippen molar-refractivity contribution < 1.29 is 5.11 Å². The van der Waals surface area contributed by atoms with Crippen LogP contribution in [-0.2, 0) is 20.2 Å². The van der Waals surface area contributed by atoms with Gasteiger partial charge in [-0.15, -0.1) is 0 Å². The van der Waals surface area contributed by atoms with Crippen LogP contribution in [0.5, 0.6) is 0 Å². The van der Waals surface area contributed by atoms with Crippen molar-refractivity contribution >= 4 is 5.69 Å². The summed E-state index contributed by atoms with van der Waals surface area (Å²) in [6.07, 6.45) is 5.57. The summed E-state index contributed by atoms with van der Waals surface area (Å²) < 4.78 is 1.79. The van der Waals surface area contributed by atoms with Gasteiger partial charge in [0.15, 0.2) is 0 Å². The van der Waals surface area contributed by atoms with E-state index in [1.807, 2.05) is 39.5 Å². The fourth-order valence-electron chi connectivity index (χ4n) is 1.96. The van der Waals surface area contributed by atoms with Gasteiger partial charge in [-0.1, -0.05) is 0 Å². The van der Waals surface area contributed by atoms with Crippen LogP contribution in [0.3, 0.4) is 0 Å². The fourth-order valence-corrected chi connectivity index (χ4v) is 1.96. The van der Waals surface area contributed by atoms with Gasteiger partial charge in [0.2, 0.25) is 0 Å². The van der Waals surface area contributed by atoms with E-state index in [1.165, 1.54) is 0 Å². The molecule has 0 aliphatic rings. The Labute approximate surface area is 107 Å². The number of aliphatic hydroxyl groups is 1. The summed E-state index contributed by atoms with van der Waals surface area (Å²) in [6.45, 7) is 2.70. The third kappa shape index (κ3) is 2.68. The van der Waals surface area contributed by atoms with Crippen molar-refractivity contribution in [2.45, 2.75) is 20.1 Å². The first-order valence-corrected chi connectivity index (χ1v) is 5.85. The molecule has 5 nitrogen and oxygen atoms in total. The van der Waals surface area contributed by atoms with Gasteiger partial charge in [-0.05, 0) is 13.0 Å². The monoisotopic (exact) mass is 246 g/mol. The van der Waals surface area contributed by atoms with Crippen LogP contribution in [0.25, 0.3) is 0 Å². The van der Waals surface area contributed by atoms with E-state index in [-0.39, 0.29) is 6.61 Å². The van der Waals surface area contributed by atoms with Gasteiger partial charge in [-0.3, -0.25) is 9.67 Å². The second kappa shape index (κ2) is 5.18. The molecule has 0 aliphatic heterocycles.